The van der Waals surface area contributed by atoms with Gasteiger partial charge in [0.2, 0.25) is 0 Å². The maximum atomic E-state index is 3.52. The Morgan fingerprint density at radius 1 is 1.53 bits per heavy atom. The fraction of sp³-hybridized carbons (Fsp3) is 0.636. The summed E-state index contributed by atoms with van der Waals surface area (Å²) in [7, 11) is 4.24. The van der Waals surface area contributed by atoms with Crippen molar-refractivity contribution in [2.24, 2.45) is 0 Å². The molecule has 0 radical (unpaired) electrons. The Morgan fingerprint density at radius 2 is 2.27 bits per heavy atom. The van der Waals surface area contributed by atoms with Gasteiger partial charge in [-0.3, -0.25) is 0 Å². The molecule has 4 heteroatoms. The minimum atomic E-state index is 0.551. The molecule has 0 aliphatic heterocycles. The molecule has 0 aromatic carbocycles. The summed E-state index contributed by atoms with van der Waals surface area (Å²) >= 11 is 5.32. The highest BCUT2D eigenvalue weighted by Gasteiger charge is 2.10. The minimum Gasteiger partial charge on any atom is -0.313 e. The van der Waals surface area contributed by atoms with E-state index in [-0.39, 0.29) is 0 Å². The lowest BCUT2D eigenvalue weighted by Crippen LogP contribution is -2.39. The second-order valence-electron chi connectivity index (χ2n) is 3.95. The van der Waals surface area contributed by atoms with E-state index in [9.17, 15) is 0 Å². The summed E-state index contributed by atoms with van der Waals surface area (Å²) in [5.41, 5.74) is 0. The van der Waals surface area contributed by atoms with E-state index in [4.69, 9.17) is 0 Å². The number of nitrogens with one attached hydrogen (secondary N) is 1. The molecular formula is C11H19BrN2S. The van der Waals surface area contributed by atoms with Crippen LogP contribution >= 0.6 is 27.3 Å². The van der Waals surface area contributed by atoms with Crippen LogP contribution in [-0.4, -0.2) is 38.1 Å². The molecule has 15 heavy (non-hydrogen) atoms. The van der Waals surface area contributed by atoms with Crippen LogP contribution in [-0.2, 0) is 6.42 Å². The van der Waals surface area contributed by atoms with Crippen LogP contribution in [0.15, 0.2) is 15.9 Å². The molecule has 86 valence electrons. The number of thiophene rings is 1. The summed E-state index contributed by atoms with van der Waals surface area (Å²) < 4.78 is 1.20. The fourth-order valence-electron chi connectivity index (χ4n) is 1.63. The molecule has 0 saturated heterocycles. The van der Waals surface area contributed by atoms with Crippen LogP contribution in [0.2, 0.25) is 0 Å². The van der Waals surface area contributed by atoms with E-state index in [1.807, 2.05) is 11.3 Å². The molecule has 1 N–H and O–H groups in total. The molecule has 2 nitrogen and oxygen atoms in total. The lowest BCUT2D eigenvalue weighted by molar-refractivity contribution is 0.340. The quantitative estimate of drug-likeness (QED) is 0.866. The first-order valence-electron chi connectivity index (χ1n) is 5.22. The molecule has 1 heterocycles. The van der Waals surface area contributed by atoms with Crippen LogP contribution < -0.4 is 5.32 Å². The van der Waals surface area contributed by atoms with Gasteiger partial charge in [-0.05, 0) is 49.1 Å². The largest absolute Gasteiger partial charge is 0.313 e. The molecule has 0 aliphatic rings. The lowest BCUT2D eigenvalue weighted by atomic mass is 10.1. The van der Waals surface area contributed by atoms with Crippen molar-refractivity contribution in [2.75, 3.05) is 27.2 Å². The van der Waals surface area contributed by atoms with Crippen LogP contribution in [0.4, 0.5) is 0 Å². The third kappa shape index (κ3) is 5.11. The van der Waals surface area contributed by atoms with Crippen LogP contribution in [0, 0.1) is 0 Å². The van der Waals surface area contributed by atoms with Gasteiger partial charge in [0.15, 0.2) is 0 Å². The predicted molar refractivity (Wildman–Crippen MR) is 71.7 cm³/mol. The van der Waals surface area contributed by atoms with Crippen molar-refractivity contribution in [3.05, 3.63) is 20.8 Å². The Balaban J connectivity index is 2.50. The summed E-state index contributed by atoms with van der Waals surface area (Å²) in [6.07, 6.45) is 1.11. The van der Waals surface area contributed by atoms with Gasteiger partial charge in [-0.15, -0.1) is 11.3 Å². The highest BCUT2D eigenvalue weighted by molar-refractivity contribution is 9.10. The number of likely N-dealkylation sites (N-methyl/N-ethyl adjacent to an activating group) is 2. The zero-order valence-electron chi connectivity index (χ0n) is 9.59. The Bertz CT molecular complexity index is 286. The van der Waals surface area contributed by atoms with Crippen molar-refractivity contribution in [2.45, 2.75) is 19.4 Å². The fourth-order valence-corrected chi connectivity index (χ4v) is 3.17. The Morgan fingerprint density at radius 3 is 2.73 bits per heavy atom. The normalized spacial score (nSPS) is 13.4. The summed E-state index contributed by atoms with van der Waals surface area (Å²) in [6, 6.07) is 2.76. The SMILES string of the molecule is CCNC(Cc1cc(Br)cs1)CN(C)C. The van der Waals surface area contributed by atoms with E-state index in [0.717, 1.165) is 19.5 Å². The van der Waals surface area contributed by atoms with Gasteiger partial charge in [0.1, 0.15) is 0 Å². The third-order valence-electron chi connectivity index (χ3n) is 2.15. The molecular weight excluding hydrogens is 272 g/mol. The van der Waals surface area contributed by atoms with Crippen molar-refractivity contribution in [3.63, 3.8) is 0 Å². The maximum absolute atomic E-state index is 3.52. The molecule has 0 saturated carbocycles. The minimum absolute atomic E-state index is 0.551. The summed E-state index contributed by atoms with van der Waals surface area (Å²) in [4.78, 5) is 3.67. The molecule has 1 atom stereocenters. The molecule has 1 aromatic rings. The van der Waals surface area contributed by atoms with Gasteiger partial charge in [-0.2, -0.15) is 0 Å². The van der Waals surface area contributed by atoms with E-state index in [1.165, 1.54) is 9.35 Å². The van der Waals surface area contributed by atoms with Gasteiger partial charge in [-0.1, -0.05) is 6.92 Å². The maximum Gasteiger partial charge on any atom is 0.0285 e. The number of hydrogen-bond acceptors (Lipinski definition) is 3. The van der Waals surface area contributed by atoms with Gasteiger partial charge in [0, 0.05) is 27.3 Å². The standard InChI is InChI=1S/C11H19BrN2S/c1-4-13-10(7-14(2)3)6-11-5-9(12)8-15-11/h5,8,10,13H,4,6-7H2,1-3H3. The molecule has 0 bridgehead atoms. The number of rotatable bonds is 6. The molecule has 0 fully saturated rings. The van der Waals surface area contributed by atoms with Gasteiger partial charge in [-0.25, -0.2) is 0 Å². The molecule has 0 spiro atoms. The van der Waals surface area contributed by atoms with E-state index in [1.54, 1.807) is 0 Å². The van der Waals surface area contributed by atoms with Crippen molar-refractivity contribution in [1.82, 2.24) is 10.2 Å². The summed E-state index contributed by atoms with van der Waals surface area (Å²) in [5, 5.41) is 5.67. The second kappa shape index (κ2) is 6.63. The molecule has 0 amide bonds. The highest BCUT2D eigenvalue weighted by atomic mass is 79.9. The first kappa shape index (κ1) is 13.2. The number of halogens is 1. The monoisotopic (exact) mass is 290 g/mol. The summed E-state index contributed by atoms with van der Waals surface area (Å²) in [6.45, 7) is 4.28. The van der Waals surface area contributed by atoms with Crippen molar-refractivity contribution in [3.8, 4) is 0 Å². The molecule has 1 aromatic heterocycles. The van der Waals surface area contributed by atoms with Crippen molar-refractivity contribution >= 4 is 27.3 Å². The number of hydrogen-bond donors (Lipinski definition) is 1. The topological polar surface area (TPSA) is 15.3 Å². The van der Waals surface area contributed by atoms with E-state index in [2.05, 4.69) is 58.6 Å². The first-order chi connectivity index (χ1) is 7.11. The molecule has 1 rings (SSSR count). The second-order valence-corrected chi connectivity index (χ2v) is 5.86. The molecule has 0 aliphatic carbocycles. The van der Waals surface area contributed by atoms with E-state index < -0.39 is 0 Å². The zero-order chi connectivity index (χ0) is 11.3. The van der Waals surface area contributed by atoms with Gasteiger partial charge in [0.25, 0.3) is 0 Å². The summed E-state index contributed by atoms with van der Waals surface area (Å²) in [5.74, 6) is 0. The molecule has 1 unspecified atom stereocenters. The lowest BCUT2D eigenvalue weighted by Gasteiger charge is -2.21. The first-order valence-corrected chi connectivity index (χ1v) is 6.90. The van der Waals surface area contributed by atoms with Crippen LogP contribution in [0.3, 0.4) is 0 Å². The average molecular weight is 291 g/mol. The Hall–Kier alpha value is 0.1000. The van der Waals surface area contributed by atoms with Gasteiger partial charge in [0.05, 0.1) is 0 Å². The van der Waals surface area contributed by atoms with Gasteiger partial charge >= 0.3 is 0 Å². The van der Waals surface area contributed by atoms with E-state index >= 15 is 0 Å². The Labute approximate surface area is 105 Å². The number of nitrogens with zero attached hydrogens (tertiary/aromatic N) is 1. The Kier molecular flexibility index (Phi) is 5.82. The zero-order valence-corrected chi connectivity index (χ0v) is 12.0. The van der Waals surface area contributed by atoms with Crippen LogP contribution in [0.5, 0.6) is 0 Å². The van der Waals surface area contributed by atoms with Gasteiger partial charge < -0.3 is 10.2 Å². The third-order valence-corrected chi connectivity index (χ3v) is 3.87. The van der Waals surface area contributed by atoms with Crippen molar-refractivity contribution < 1.29 is 0 Å². The van der Waals surface area contributed by atoms with Crippen LogP contribution in [0.1, 0.15) is 11.8 Å². The van der Waals surface area contributed by atoms with E-state index in [0.29, 0.717) is 6.04 Å². The van der Waals surface area contributed by atoms with Crippen LogP contribution in [0.25, 0.3) is 0 Å². The smallest absolute Gasteiger partial charge is 0.0285 e. The highest BCUT2D eigenvalue weighted by Crippen LogP contribution is 2.21. The predicted octanol–water partition coefficient (Wildman–Crippen LogP) is 2.59. The van der Waals surface area contributed by atoms with Crippen molar-refractivity contribution in [1.29, 1.82) is 0 Å². The average Bonchev–Trinajstić information content (AvgIpc) is 2.50.